The monoisotopic (exact) mass is 563 g/mol. The summed E-state index contributed by atoms with van der Waals surface area (Å²) >= 11 is 0. The van der Waals surface area contributed by atoms with E-state index in [0.29, 0.717) is 29.2 Å². The van der Waals surface area contributed by atoms with Crippen molar-refractivity contribution in [2.75, 3.05) is 0 Å². The van der Waals surface area contributed by atoms with E-state index >= 15 is 0 Å². The van der Waals surface area contributed by atoms with E-state index in [1.807, 2.05) is 12.3 Å². The highest BCUT2D eigenvalue weighted by Crippen LogP contribution is 2.60. The molecule has 3 aliphatic carbocycles. The molecule has 5 atom stereocenters. The van der Waals surface area contributed by atoms with Crippen molar-refractivity contribution in [2.45, 2.75) is 77.0 Å². The number of nitriles is 1. The lowest BCUT2D eigenvalue weighted by atomic mass is 9.67. The van der Waals surface area contributed by atoms with Gasteiger partial charge in [0.2, 0.25) is 0 Å². The molecule has 3 nitrogen and oxygen atoms in total. The fraction of sp³-hybridized carbons (Fsp3) is 0.350. The van der Waals surface area contributed by atoms with E-state index in [9.17, 15) is 5.26 Å². The van der Waals surface area contributed by atoms with Gasteiger partial charge in [0.1, 0.15) is 6.07 Å². The molecule has 7 rings (SSSR count). The van der Waals surface area contributed by atoms with Crippen molar-refractivity contribution in [1.29, 1.82) is 5.26 Å². The second-order valence-electron chi connectivity index (χ2n) is 13.8. The van der Waals surface area contributed by atoms with E-state index in [4.69, 9.17) is 0 Å². The Labute approximate surface area is 256 Å². The van der Waals surface area contributed by atoms with Crippen molar-refractivity contribution in [3.05, 3.63) is 125 Å². The standard InChI is InChI=1S/C40H41N3/c1-6-40(5,30-13-11-12-28(21-30)29-20-27(23-41)24-42-25-29)22-26(2)43-35-17-10-8-15-33(35)37-36(43)19-18-32-31-14-7-9-16-34(31)39(3,4)38(32)37/h7-11,13-20,22,24-25,28,30,32,38H,6,12,21H2,1-5H3/b26-22+. The van der Waals surface area contributed by atoms with Crippen LogP contribution in [-0.2, 0) is 5.41 Å². The Morgan fingerprint density at radius 1 is 1.12 bits per heavy atom. The molecule has 3 heteroatoms. The van der Waals surface area contributed by atoms with Crippen LogP contribution >= 0.6 is 0 Å². The minimum Gasteiger partial charge on any atom is -0.314 e. The molecule has 43 heavy (non-hydrogen) atoms. The van der Waals surface area contributed by atoms with Crippen LogP contribution in [0.3, 0.4) is 0 Å². The van der Waals surface area contributed by atoms with Crippen LogP contribution in [0, 0.1) is 22.7 Å². The zero-order valence-electron chi connectivity index (χ0n) is 26.0. The summed E-state index contributed by atoms with van der Waals surface area (Å²) in [5, 5.41) is 10.8. The maximum Gasteiger partial charge on any atom is 0.101 e. The molecule has 2 heterocycles. The molecule has 0 spiro atoms. The maximum absolute atomic E-state index is 9.43. The normalized spacial score (nSPS) is 25.1. The third-order valence-electron chi connectivity index (χ3n) is 11.1. The second-order valence-corrected chi connectivity index (χ2v) is 13.8. The lowest BCUT2D eigenvalue weighted by Crippen LogP contribution is -2.28. The van der Waals surface area contributed by atoms with E-state index in [1.54, 1.807) is 6.20 Å². The average Bonchev–Trinajstić information content (AvgIpc) is 3.50. The van der Waals surface area contributed by atoms with Gasteiger partial charge in [0, 0.05) is 41.0 Å². The van der Waals surface area contributed by atoms with Crippen LogP contribution in [0.25, 0.3) is 22.7 Å². The van der Waals surface area contributed by atoms with Gasteiger partial charge in [0.05, 0.1) is 11.1 Å². The third kappa shape index (κ3) is 4.26. The molecule has 4 aromatic rings. The predicted molar refractivity (Wildman–Crippen MR) is 178 cm³/mol. The van der Waals surface area contributed by atoms with Crippen LogP contribution in [0.5, 0.6) is 0 Å². The van der Waals surface area contributed by atoms with Gasteiger partial charge in [-0.2, -0.15) is 5.26 Å². The number of allylic oxidation sites excluding steroid dienone is 5. The highest BCUT2D eigenvalue weighted by Gasteiger charge is 2.49. The van der Waals surface area contributed by atoms with E-state index in [2.05, 4.69) is 129 Å². The van der Waals surface area contributed by atoms with Crippen molar-refractivity contribution in [1.82, 2.24) is 9.55 Å². The van der Waals surface area contributed by atoms with Crippen LogP contribution in [0.2, 0.25) is 0 Å². The molecule has 2 aromatic carbocycles. The summed E-state index contributed by atoms with van der Waals surface area (Å²) in [6, 6.07) is 22.4. The lowest BCUT2D eigenvalue weighted by molar-refractivity contribution is 0.258. The number of para-hydroxylation sites is 1. The van der Waals surface area contributed by atoms with Gasteiger partial charge in [-0.25, -0.2) is 0 Å². The van der Waals surface area contributed by atoms with Gasteiger partial charge in [-0.15, -0.1) is 0 Å². The Morgan fingerprint density at radius 3 is 2.72 bits per heavy atom. The summed E-state index contributed by atoms with van der Waals surface area (Å²) in [7, 11) is 0. The Morgan fingerprint density at radius 2 is 1.91 bits per heavy atom. The molecule has 0 fully saturated rings. The number of aromatic nitrogens is 2. The minimum atomic E-state index is -0.0123. The van der Waals surface area contributed by atoms with E-state index in [-0.39, 0.29) is 10.8 Å². The van der Waals surface area contributed by atoms with Crippen molar-refractivity contribution < 1.29 is 0 Å². The SMILES string of the molecule is CCC(C)(/C=C(\C)n1c2c(c3ccccc31)C1C(C=C2)c2ccccc2C1(C)C)C1C=CCC(c2cncc(C#N)c2)C1. The zero-order valence-corrected chi connectivity index (χ0v) is 26.0. The topological polar surface area (TPSA) is 41.6 Å². The van der Waals surface area contributed by atoms with Gasteiger partial charge < -0.3 is 4.57 Å². The summed E-state index contributed by atoms with van der Waals surface area (Å²) in [6.07, 6.45) is 18.9. The number of hydrogen-bond donors (Lipinski definition) is 0. The molecule has 0 saturated heterocycles. The molecular weight excluding hydrogens is 522 g/mol. The smallest absolute Gasteiger partial charge is 0.101 e. The third-order valence-corrected chi connectivity index (χ3v) is 11.1. The number of hydrogen-bond acceptors (Lipinski definition) is 2. The average molecular weight is 564 g/mol. The van der Waals surface area contributed by atoms with Crippen LogP contribution < -0.4 is 0 Å². The molecule has 0 N–H and O–H groups in total. The highest BCUT2D eigenvalue weighted by molar-refractivity contribution is 5.93. The van der Waals surface area contributed by atoms with Gasteiger partial charge in [0.25, 0.3) is 0 Å². The zero-order chi connectivity index (χ0) is 29.9. The number of fused-ring (bicyclic) bond motifs is 7. The van der Waals surface area contributed by atoms with Crippen LogP contribution in [0.1, 0.15) is 105 Å². The number of benzene rings is 2. The van der Waals surface area contributed by atoms with Crippen LogP contribution in [0.15, 0.2) is 91.3 Å². The molecule has 0 amide bonds. The molecule has 0 bridgehead atoms. The first kappa shape index (κ1) is 27.7. The minimum absolute atomic E-state index is 0.0123. The van der Waals surface area contributed by atoms with Crippen molar-refractivity contribution >= 4 is 22.7 Å². The Hall–Kier alpha value is -4.16. The maximum atomic E-state index is 9.43. The first-order chi connectivity index (χ1) is 20.8. The number of rotatable bonds is 5. The van der Waals surface area contributed by atoms with Gasteiger partial charge in [-0.1, -0.05) is 94.5 Å². The quantitative estimate of drug-likeness (QED) is 0.227. The molecule has 5 unspecified atom stereocenters. The Balaban J connectivity index is 1.30. The first-order valence-electron chi connectivity index (χ1n) is 15.9. The lowest BCUT2D eigenvalue weighted by Gasteiger charge is -2.38. The molecule has 2 aromatic heterocycles. The highest BCUT2D eigenvalue weighted by atomic mass is 15.0. The summed E-state index contributed by atoms with van der Waals surface area (Å²) in [4.78, 5) is 4.37. The molecule has 0 aliphatic heterocycles. The van der Waals surface area contributed by atoms with E-state index in [1.165, 1.54) is 44.5 Å². The van der Waals surface area contributed by atoms with Crippen molar-refractivity contribution in [2.24, 2.45) is 11.3 Å². The summed E-state index contributed by atoms with van der Waals surface area (Å²) in [5.41, 5.74) is 10.3. The van der Waals surface area contributed by atoms with Gasteiger partial charge in [-0.3, -0.25) is 4.98 Å². The fourth-order valence-electron chi connectivity index (χ4n) is 8.68. The first-order valence-corrected chi connectivity index (χ1v) is 15.9. The van der Waals surface area contributed by atoms with E-state index in [0.717, 1.165) is 19.3 Å². The Kier molecular flexibility index (Phi) is 6.58. The second kappa shape index (κ2) is 10.2. The molecular formula is C40H41N3. The molecule has 216 valence electrons. The summed E-state index contributed by atoms with van der Waals surface area (Å²) in [6.45, 7) is 11.9. The molecule has 0 saturated carbocycles. The van der Waals surface area contributed by atoms with E-state index < -0.39 is 0 Å². The largest absolute Gasteiger partial charge is 0.314 e. The summed E-state index contributed by atoms with van der Waals surface area (Å²) < 4.78 is 2.54. The van der Waals surface area contributed by atoms with Gasteiger partial charge >= 0.3 is 0 Å². The summed E-state index contributed by atoms with van der Waals surface area (Å²) in [5.74, 6) is 1.59. The van der Waals surface area contributed by atoms with Crippen molar-refractivity contribution in [3.8, 4) is 6.07 Å². The van der Waals surface area contributed by atoms with Crippen LogP contribution in [-0.4, -0.2) is 9.55 Å². The Bertz CT molecular complexity index is 1860. The number of pyridine rings is 1. The van der Waals surface area contributed by atoms with Gasteiger partial charge in [0.15, 0.2) is 0 Å². The molecule has 3 aliphatic rings. The van der Waals surface area contributed by atoms with Gasteiger partial charge in [-0.05, 0) is 89.3 Å². The number of nitrogens with zero attached hydrogens (tertiary/aromatic N) is 3. The van der Waals surface area contributed by atoms with Crippen molar-refractivity contribution in [3.63, 3.8) is 0 Å². The van der Waals surface area contributed by atoms with Crippen LogP contribution in [0.4, 0.5) is 0 Å². The fourth-order valence-corrected chi connectivity index (χ4v) is 8.68. The molecule has 0 radical (unpaired) electrons. The predicted octanol–water partition coefficient (Wildman–Crippen LogP) is 10.1.